The minimum absolute atomic E-state index is 0.0320. The van der Waals surface area contributed by atoms with Gasteiger partial charge in [0.25, 0.3) is 5.91 Å². The van der Waals surface area contributed by atoms with E-state index in [1.807, 2.05) is 31.3 Å². The number of pyridine rings is 1. The van der Waals surface area contributed by atoms with E-state index in [1.165, 1.54) is 17.8 Å². The second-order valence-electron chi connectivity index (χ2n) is 11.1. The van der Waals surface area contributed by atoms with E-state index in [0.29, 0.717) is 28.5 Å². The highest BCUT2D eigenvalue weighted by Crippen LogP contribution is 2.73. The lowest BCUT2D eigenvalue weighted by molar-refractivity contribution is -0.210. The molecule has 1 aromatic carbocycles. The molecule has 3 aliphatic carbocycles. The van der Waals surface area contributed by atoms with Crippen molar-refractivity contribution in [3.05, 3.63) is 59.5 Å². The molecule has 0 atom stereocenters. The number of aryl methyl sites for hydroxylation is 1. The Labute approximate surface area is 204 Å². The maximum absolute atomic E-state index is 13.1. The van der Waals surface area contributed by atoms with Crippen molar-refractivity contribution in [2.45, 2.75) is 44.9 Å². The molecule has 3 heterocycles. The van der Waals surface area contributed by atoms with Gasteiger partial charge in [0.1, 0.15) is 5.69 Å². The molecule has 0 radical (unpaired) electrons. The van der Waals surface area contributed by atoms with Crippen LogP contribution in [0.3, 0.4) is 0 Å². The molecular weight excluding hydrogens is 438 g/mol. The number of rotatable bonds is 4. The molecule has 2 amide bonds. The Kier molecular flexibility index (Phi) is 4.79. The summed E-state index contributed by atoms with van der Waals surface area (Å²) in [6.07, 6.45) is 8.81. The topological polar surface area (TPSA) is 91.0 Å². The fourth-order valence-corrected chi connectivity index (χ4v) is 6.90. The first-order chi connectivity index (χ1) is 16.8. The standard InChI is InChI=1S/C28H29N5O2/c1-27-15-28(16-27,17-27)26(35)33-9-6-19(7-10-33)22-14-32(2)24-4-3-20(12-21(22)24)31-25(34)23-11-18(13-29)5-8-30-23/h3-5,8,11-12,14,19H,6-7,9-10,15-17H2,1-2H3,(H,31,34). The van der Waals surface area contributed by atoms with E-state index >= 15 is 0 Å². The molecule has 2 aromatic heterocycles. The molecule has 1 saturated heterocycles. The van der Waals surface area contributed by atoms with Gasteiger partial charge in [-0.25, -0.2) is 0 Å². The number of hydrogen-bond acceptors (Lipinski definition) is 4. The second-order valence-corrected chi connectivity index (χ2v) is 11.1. The van der Waals surface area contributed by atoms with Gasteiger partial charge in [-0.15, -0.1) is 0 Å². The van der Waals surface area contributed by atoms with E-state index in [4.69, 9.17) is 5.26 Å². The van der Waals surface area contributed by atoms with Crippen LogP contribution in [0, 0.1) is 22.2 Å². The summed E-state index contributed by atoms with van der Waals surface area (Å²) in [6, 6.07) is 11.0. The summed E-state index contributed by atoms with van der Waals surface area (Å²) in [5, 5.41) is 13.1. The van der Waals surface area contributed by atoms with Crippen LogP contribution in [0.2, 0.25) is 0 Å². The highest BCUT2D eigenvalue weighted by atomic mass is 16.2. The second kappa shape index (κ2) is 7.67. The van der Waals surface area contributed by atoms with Gasteiger partial charge in [0.15, 0.2) is 0 Å². The number of hydrogen-bond donors (Lipinski definition) is 1. The Balaban J connectivity index is 1.18. The summed E-state index contributed by atoms with van der Waals surface area (Å²) < 4.78 is 2.13. The zero-order chi connectivity index (χ0) is 24.4. The zero-order valence-electron chi connectivity index (χ0n) is 20.2. The van der Waals surface area contributed by atoms with Crippen LogP contribution in [0.1, 0.15) is 66.6 Å². The molecule has 4 fully saturated rings. The maximum Gasteiger partial charge on any atom is 0.274 e. The number of piperidine rings is 1. The van der Waals surface area contributed by atoms with Gasteiger partial charge in [0.2, 0.25) is 5.91 Å². The quantitative estimate of drug-likeness (QED) is 0.607. The number of anilines is 1. The van der Waals surface area contributed by atoms with Crippen molar-refractivity contribution in [3.63, 3.8) is 0 Å². The summed E-state index contributed by atoms with van der Waals surface area (Å²) in [6.45, 7) is 3.93. The van der Waals surface area contributed by atoms with Crippen molar-refractivity contribution in [3.8, 4) is 6.07 Å². The van der Waals surface area contributed by atoms with E-state index in [-0.39, 0.29) is 17.0 Å². The van der Waals surface area contributed by atoms with Gasteiger partial charge in [-0.3, -0.25) is 14.6 Å². The molecule has 35 heavy (non-hydrogen) atoms. The van der Waals surface area contributed by atoms with Gasteiger partial charge in [0, 0.05) is 49.1 Å². The van der Waals surface area contributed by atoms with Gasteiger partial charge in [0.05, 0.1) is 17.0 Å². The predicted molar refractivity (Wildman–Crippen MR) is 133 cm³/mol. The Morgan fingerprint density at radius 2 is 1.89 bits per heavy atom. The Hall–Kier alpha value is -3.66. The van der Waals surface area contributed by atoms with Crippen LogP contribution < -0.4 is 5.32 Å². The van der Waals surface area contributed by atoms with Gasteiger partial charge in [-0.1, -0.05) is 6.92 Å². The molecule has 7 rings (SSSR count). The monoisotopic (exact) mass is 467 g/mol. The Morgan fingerprint density at radius 1 is 1.14 bits per heavy atom. The van der Waals surface area contributed by atoms with Crippen LogP contribution in [0.15, 0.2) is 42.7 Å². The van der Waals surface area contributed by atoms with Crippen molar-refractivity contribution in [1.82, 2.24) is 14.5 Å². The molecule has 1 N–H and O–H groups in total. The van der Waals surface area contributed by atoms with E-state index < -0.39 is 0 Å². The van der Waals surface area contributed by atoms with Crippen LogP contribution in [0.5, 0.6) is 0 Å². The third-order valence-electron chi connectivity index (χ3n) is 8.37. The normalized spacial score (nSPS) is 25.5. The number of nitrogens with one attached hydrogen (secondary N) is 1. The number of benzene rings is 1. The fraction of sp³-hybridized carbons (Fsp3) is 0.429. The van der Waals surface area contributed by atoms with Crippen LogP contribution in [0.4, 0.5) is 5.69 Å². The summed E-state index contributed by atoms with van der Waals surface area (Å²) in [5.74, 6) is 0.429. The minimum atomic E-state index is -0.340. The molecule has 3 aromatic rings. The van der Waals surface area contributed by atoms with Crippen LogP contribution in [0.25, 0.3) is 10.9 Å². The molecule has 3 saturated carbocycles. The highest BCUT2D eigenvalue weighted by molar-refractivity contribution is 6.04. The van der Waals surface area contributed by atoms with E-state index in [1.54, 1.807) is 6.07 Å². The fourth-order valence-electron chi connectivity index (χ4n) is 6.90. The summed E-state index contributed by atoms with van der Waals surface area (Å²) in [5.41, 5.74) is 4.11. The molecule has 1 aliphatic heterocycles. The lowest BCUT2D eigenvalue weighted by Crippen LogP contribution is -2.67. The summed E-state index contributed by atoms with van der Waals surface area (Å²) in [4.78, 5) is 32.0. The van der Waals surface area contributed by atoms with Crippen molar-refractivity contribution in [1.29, 1.82) is 5.26 Å². The first-order valence-corrected chi connectivity index (χ1v) is 12.4. The number of likely N-dealkylation sites (tertiary alicyclic amines) is 1. The lowest BCUT2D eigenvalue weighted by Gasteiger charge is -2.69. The van der Waals surface area contributed by atoms with Gasteiger partial charge in [-0.05, 0) is 79.3 Å². The van der Waals surface area contributed by atoms with Crippen LogP contribution >= 0.6 is 0 Å². The number of fused-ring (bicyclic) bond motifs is 1. The number of aromatic nitrogens is 2. The third-order valence-corrected chi connectivity index (χ3v) is 8.37. The van der Waals surface area contributed by atoms with Crippen LogP contribution in [-0.4, -0.2) is 39.4 Å². The zero-order valence-corrected chi connectivity index (χ0v) is 20.2. The SMILES string of the molecule is Cn1cc(C2CCN(C(=O)C34CC(C)(C3)C4)CC2)c2cc(NC(=O)c3cc(C#N)ccn3)ccc21. The van der Waals surface area contributed by atoms with E-state index in [2.05, 4.69) is 32.9 Å². The van der Waals surface area contributed by atoms with Crippen molar-refractivity contribution < 1.29 is 9.59 Å². The maximum atomic E-state index is 13.1. The molecule has 7 heteroatoms. The Bertz CT molecular complexity index is 1390. The van der Waals surface area contributed by atoms with Crippen molar-refractivity contribution in [2.24, 2.45) is 17.9 Å². The van der Waals surface area contributed by atoms with E-state index in [9.17, 15) is 9.59 Å². The predicted octanol–water partition coefficient (Wildman–Crippen LogP) is 4.59. The largest absolute Gasteiger partial charge is 0.350 e. The average molecular weight is 468 g/mol. The van der Waals surface area contributed by atoms with Gasteiger partial charge in [-0.2, -0.15) is 5.26 Å². The number of nitrogens with zero attached hydrogens (tertiary/aromatic N) is 4. The molecule has 0 unspecified atom stereocenters. The van der Waals surface area contributed by atoms with E-state index in [0.717, 1.165) is 56.1 Å². The number of amides is 2. The molecule has 2 bridgehead atoms. The minimum Gasteiger partial charge on any atom is -0.350 e. The lowest BCUT2D eigenvalue weighted by atomic mass is 9.35. The number of nitriles is 1. The van der Waals surface area contributed by atoms with Gasteiger partial charge < -0.3 is 14.8 Å². The molecule has 0 spiro atoms. The van der Waals surface area contributed by atoms with Gasteiger partial charge >= 0.3 is 0 Å². The smallest absolute Gasteiger partial charge is 0.274 e. The highest BCUT2D eigenvalue weighted by Gasteiger charge is 2.69. The molecule has 4 aliphatic rings. The summed E-state index contributed by atoms with van der Waals surface area (Å²) in [7, 11) is 2.05. The first kappa shape index (κ1) is 21.8. The van der Waals surface area contributed by atoms with Crippen molar-refractivity contribution >= 4 is 28.4 Å². The average Bonchev–Trinajstić information content (AvgIpc) is 3.16. The number of carbonyl (C=O) groups excluding carboxylic acids is 2. The Morgan fingerprint density at radius 3 is 2.57 bits per heavy atom. The molecular formula is C28H29N5O2. The molecule has 178 valence electrons. The number of carbonyl (C=O) groups is 2. The van der Waals surface area contributed by atoms with Crippen LogP contribution in [-0.2, 0) is 11.8 Å². The first-order valence-electron chi connectivity index (χ1n) is 12.4. The molecule has 7 nitrogen and oxygen atoms in total. The summed E-state index contributed by atoms with van der Waals surface area (Å²) >= 11 is 0. The third kappa shape index (κ3) is 3.51. The van der Waals surface area contributed by atoms with Crippen molar-refractivity contribution in [2.75, 3.05) is 18.4 Å².